The predicted octanol–water partition coefficient (Wildman–Crippen LogP) is -0.409. The van der Waals surface area contributed by atoms with Crippen LogP contribution in [-0.2, 0) is 21.2 Å². The highest BCUT2D eigenvalue weighted by Crippen LogP contribution is 2.29. The van der Waals surface area contributed by atoms with E-state index in [0.717, 1.165) is 5.56 Å². The first kappa shape index (κ1) is 16.4. The fourth-order valence-electron chi connectivity index (χ4n) is 3.87. The van der Waals surface area contributed by atoms with E-state index < -0.39 is 15.8 Å². The van der Waals surface area contributed by atoms with Gasteiger partial charge in [0.25, 0.3) is 0 Å². The highest BCUT2D eigenvalue weighted by molar-refractivity contribution is 7.91. The van der Waals surface area contributed by atoms with Gasteiger partial charge in [0.05, 0.1) is 18.1 Å². The van der Waals surface area contributed by atoms with Gasteiger partial charge in [0, 0.05) is 31.7 Å². The molecule has 0 saturated carbocycles. The topological polar surface area (TPSA) is 117 Å². The molecule has 0 radical (unpaired) electrons. The third kappa shape index (κ3) is 3.12. The third-order valence-electron chi connectivity index (χ3n) is 4.99. The number of aliphatic carboxylic acids is 1. The summed E-state index contributed by atoms with van der Waals surface area (Å²) in [6.45, 7) is 1.53. The molecule has 0 spiro atoms. The summed E-state index contributed by atoms with van der Waals surface area (Å²) in [7, 11) is -3.18. The molecule has 0 aliphatic carbocycles. The van der Waals surface area contributed by atoms with E-state index in [0.29, 0.717) is 30.7 Å². The summed E-state index contributed by atoms with van der Waals surface area (Å²) in [5, 5.41) is 16.8. The van der Waals surface area contributed by atoms with E-state index in [2.05, 4.69) is 15.2 Å². The van der Waals surface area contributed by atoms with Gasteiger partial charge in [-0.1, -0.05) is 12.1 Å². The number of nitrogens with zero attached hydrogens (tertiary/aromatic N) is 4. The number of carboxylic acid groups (broad SMARTS) is 1. The van der Waals surface area contributed by atoms with Crippen molar-refractivity contribution in [1.82, 2.24) is 20.1 Å². The average molecular weight is 366 g/mol. The molecule has 134 valence electrons. The number of piperazine rings is 1. The number of carboxylic acids is 1. The molecule has 1 N–H and O–H groups in total. The lowest BCUT2D eigenvalue weighted by Crippen LogP contribution is -2.59. The van der Waals surface area contributed by atoms with Gasteiger partial charge in [0.1, 0.15) is 11.0 Å². The molecule has 2 fully saturated rings. The van der Waals surface area contributed by atoms with Crippen LogP contribution in [0.25, 0.3) is 11.0 Å². The van der Waals surface area contributed by atoms with Crippen LogP contribution in [0, 0.1) is 0 Å². The predicted molar refractivity (Wildman–Crippen MR) is 87.7 cm³/mol. The SMILES string of the molecule is O=C(O)CN1CCN(Cc2cccc3nonc23)[C@@H]2CS(=O)(=O)C[C@@H]21. The van der Waals surface area contributed by atoms with Gasteiger partial charge in [-0.15, -0.1) is 0 Å². The van der Waals surface area contributed by atoms with Gasteiger partial charge in [0.2, 0.25) is 0 Å². The van der Waals surface area contributed by atoms with E-state index in [1.165, 1.54) is 0 Å². The Kier molecular flexibility index (Phi) is 3.97. The second kappa shape index (κ2) is 6.04. The summed E-state index contributed by atoms with van der Waals surface area (Å²) in [6, 6.07) is 5.10. The van der Waals surface area contributed by atoms with Crippen molar-refractivity contribution in [1.29, 1.82) is 0 Å². The van der Waals surface area contributed by atoms with Crippen molar-refractivity contribution < 1.29 is 22.9 Å². The van der Waals surface area contributed by atoms with Crippen LogP contribution in [0.15, 0.2) is 22.8 Å². The lowest BCUT2D eigenvalue weighted by atomic mass is 10.0. The molecule has 9 nitrogen and oxygen atoms in total. The quantitative estimate of drug-likeness (QED) is 0.770. The van der Waals surface area contributed by atoms with E-state index in [4.69, 9.17) is 9.74 Å². The number of benzene rings is 1. The van der Waals surface area contributed by atoms with Gasteiger partial charge in [-0.25, -0.2) is 13.0 Å². The lowest BCUT2D eigenvalue weighted by Gasteiger charge is -2.43. The molecule has 2 aliphatic heterocycles. The number of hydrogen-bond donors (Lipinski definition) is 1. The van der Waals surface area contributed by atoms with E-state index in [9.17, 15) is 13.2 Å². The zero-order valence-electron chi connectivity index (χ0n) is 13.4. The second-order valence-corrected chi connectivity index (χ2v) is 8.75. The molecular weight excluding hydrogens is 348 g/mol. The number of sulfone groups is 1. The molecule has 4 rings (SSSR count). The Morgan fingerprint density at radius 2 is 1.92 bits per heavy atom. The van der Waals surface area contributed by atoms with Crippen LogP contribution in [-0.4, -0.2) is 82.8 Å². The van der Waals surface area contributed by atoms with Crippen molar-refractivity contribution in [3.05, 3.63) is 23.8 Å². The van der Waals surface area contributed by atoms with E-state index in [1.807, 2.05) is 18.2 Å². The van der Waals surface area contributed by atoms with Crippen molar-refractivity contribution in [3.63, 3.8) is 0 Å². The molecule has 10 heteroatoms. The van der Waals surface area contributed by atoms with Crippen LogP contribution < -0.4 is 0 Å². The van der Waals surface area contributed by atoms with Gasteiger partial charge in [-0.05, 0) is 21.9 Å². The van der Waals surface area contributed by atoms with Crippen LogP contribution in [0.2, 0.25) is 0 Å². The monoisotopic (exact) mass is 366 g/mol. The molecule has 0 bridgehead atoms. The summed E-state index contributed by atoms with van der Waals surface area (Å²) < 4.78 is 29.1. The number of carbonyl (C=O) groups is 1. The highest BCUT2D eigenvalue weighted by atomic mass is 32.2. The van der Waals surface area contributed by atoms with Crippen molar-refractivity contribution in [2.24, 2.45) is 0 Å². The highest BCUT2D eigenvalue weighted by Gasteiger charge is 2.46. The fraction of sp³-hybridized carbons (Fsp3) is 0.533. The molecule has 2 aliphatic rings. The summed E-state index contributed by atoms with van der Waals surface area (Å²) in [4.78, 5) is 15.0. The van der Waals surface area contributed by atoms with Crippen LogP contribution in [0.3, 0.4) is 0 Å². The first-order valence-electron chi connectivity index (χ1n) is 8.03. The number of aromatic nitrogens is 2. The molecule has 3 heterocycles. The van der Waals surface area contributed by atoms with Crippen LogP contribution in [0.1, 0.15) is 5.56 Å². The molecule has 1 aromatic carbocycles. The van der Waals surface area contributed by atoms with Crippen LogP contribution >= 0.6 is 0 Å². The van der Waals surface area contributed by atoms with E-state index in [-0.39, 0.29) is 30.1 Å². The van der Waals surface area contributed by atoms with Gasteiger partial charge < -0.3 is 5.11 Å². The Bertz CT molecular complexity index is 912. The summed E-state index contributed by atoms with van der Waals surface area (Å²) >= 11 is 0. The normalized spacial score (nSPS) is 26.7. The Morgan fingerprint density at radius 1 is 1.20 bits per heavy atom. The minimum Gasteiger partial charge on any atom is -0.480 e. The maximum absolute atomic E-state index is 12.2. The molecule has 1 aromatic heterocycles. The van der Waals surface area contributed by atoms with Gasteiger partial charge in [-0.2, -0.15) is 0 Å². The van der Waals surface area contributed by atoms with Gasteiger partial charge in [-0.3, -0.25) is 14.6 Å². The van der Waals surface area contributed by atoms with E-state index >= 15 is 0 Å². The Hall–Kier alpha value is -2.04. The molecule has 2 aromatic rings. The van der Waals surface area contributed by atoms with Gasteiger partial charge >= 0.3 is 5.97 Å². The number of rotatable bonds is 4. The Labute approximate surface area is 144 Å². The molecular formula is C15H18N4O5S. The van der Waals surface area contributed by atoms with Crippen molar-refractivity contribution >= 4 is 26.8 Å². The number of hydrogen-bond acceptors (Lipinski definition) is 8. The summed E-state index contributed by atoms with van der Waals surface area (Å²) in [6.07, 6.45) is 0. The van der Waals surface area contributed by atoms with Crippen molar-refractivity contribution in [2.45, 2.75) is 18.6 Å². The Morgan fingerprint density at radius 3 is 2.68 bits per heavy atom. The van der Waals surface area contributed by atoms with Crippen molar-refractivity contribution in [2.75, 3.05) is 31.1 Å². The molecule has 0 unspecified atom stereocenters. The first-order chi connectivity index (χ1) is 11.9. The zero-order valence-corrected chi connectivity index (χ0v) is 14.2. The maximum atomic E-state index is 12.2. The zero-order chi connectivity index (χ0) is 17.6. The van der Waals surface area contributed by atoms with Gasteiger partial charge in [0.15, 0.2) is 9.84 Å². The minimum atomic E-state index is -3.18. The molecule has 0 amide bonds. The maximum Gasteiger partial charge on any atom is 0.317 e. The van der Waals surface area contributed by atoms with Crippen molar-refractivity contribution in [3.8, 4) is 0 Å². The van der Waals surface area contributed by atoms with Crippen LogP contribution in [0.4, 0.5) is 0 Å². The standard InChI is InChI=1S/C15H18N4O5S/c20-14(21)7-19-5-4-18(12-8-25(22,23)9-13(12)19)6-10-2-1-3-11-15(10)17-24-16-11/h1-3,12-13H,4-9H2,(H,20,21)/t12-,13+/m1/s1. The third-order valence-corrected chi connectivity index (χ3v) is 6.69. The molecule has 2 atom stereocenters. The fourth-order valence-corrected chi connectivity index (χ4v) is 5.91. The van der Waals surface area contributed by atoms with E-state index in [1.54, 1.807) is 4.90 Å². The summed E-state index contributed by atoms with van der Waals surface area (Å²) in [5.41, 5.74) is 2.26. The average Bonchev–Trinajstić information content (AvgIpc) is 3.13. The smallest absolute Gasteiger partial charge is 0.317 e. The first-order valence-corrected chi connectivity index (χ1v) is 9.85. The molecule has 25 heavy (non-hydrogen) atoms. The largest absolute Gasteiger partial charge is 0.480 e. The Balaban J connectivity index is 1.60. The second-order valence-electron chi connectivity index (χ2n) is 6.60. The summed E-state index contributed by atoms with van der Waals surface area (Å²) in [5.74, 6) is -0.868. The molecule has 2 saturated heterocycles. The lowest BCUT2D eigenvalue weighted by molar-refractivity contribution is -0.139. The van der Waals surface area contributed by atoms with Crippen LogP contribution in [0.5, 0.6) is 0 Å². The minimum absolute atomic E-state index is 0.0111. The number of fused-ring (bicyclic) bond motifs is 2.